The molecule has 5 heteroatoms. The van der Waals surface area contributed by atoms with Gasteiger partial charge >= 0.3 is 0 Å². The van der Waals surface area contributed by atoms with Crippen molar-refractivity contribution in [1.29, 1.82) is 0 Å². The third kappa shape index (κ3) is 2.18. The Morgan fingerprint density at radius 2 is 2.06 bits per heavy atom. The molecule has 0 aromatic carbocycles. The van der Waals surface area contributed by atoms with Gasteiger partial charge in [-0.1, -0.05) is 6.42 Å². The molecule has 0 spiro atoms. The molecule has 0 aromatic heterocycles. The second kappa shape index (κ2) is 4.13. The first-order chi connectivity index (χ1) is 7.91. The van der Waals surface area contributed by atoms with E-state index in [-0.39, 0.29) is 12.5 Å². The van der Waals surface area contributed by atoms with Gasteiger partial charge in [0.15, 0.2) is 0 Å². The van der Waals surface area contributed by atoms with Crippen LogP contribution in [0.1, 0.15) is 39.5 Å². The van der Waals surface area contributed by atoms with Gasteiger partial charge in [0, 0.05) is 6.42 Å². The van der Waals surface area contributed by atoms with Gasteiger partial charge in [-0.05, 0) is 32.6 Å². The van der Waals surface area contributed by atoms with Crippen LogP contribution >= 0.6 is 0 Å². The quantitative estimate of drug-likeness (QED) is 0.710. The molecule has 5 nitrogen and oxygen atoms in total. The zero-order chi connectivity index (χ0) is 12.6. The van der Waals surface area contributed by atoms with E-state index in [1.807, 2.05) is 0 Å². The second-order valence-electron chi connectivity index (χ2n) is 5.42. The van der Waals surface area contributed by atoms with Crippen molar-refractivity contribution < 1.29 is 14.4 Å². The maximum absolute atomic E-state index is 12.1. The largest absolute Gasteiger partial charge is 0.319 e. The Bertz CT molecular complexity index is 372. The van der Waals surface area contributed by atoms with E-state index < -0.39 is 17.4 Å². The van der Waals surface area contributed by atoms with Gasteiger partial charge in [-0.2, -0.15) is 0 Å². The van der Waals surface area contributed by atoms with E-state index in [0.29, 0.717) is 12.3 Å². The van der Waals surface area contributed by atoms with E-state index in [1.165, 1.54) is 11.3 Å². The van der Waals surface area contributed by atoms with Crippen LogP contribution in [0.15, 0.2) is 0 Å². The summed E-state index contributed by atoms with van der Waals surface area (Å²) in [5, 5.41) is 2.26. The van der Waals surface area contributed by atoms with Crippen LogP contribution in [0, 0.1) is 5.92 Å². The van der Waals surface area contributed by atoms with Crippen LogP contribution in [-0.4, -0.2) is 34.7 Å². The summed E-state index contributed by atoms with van der Waals surface area (Å²) < 4.78 is 0. The summed E-state index contributed by atoms with van der Waals surface area (Å²) in [5.74, 6) is -0.423. The van der Waals surface area contributed by atoms with Crippen LogP contribution in [0.4, 0.5) is 0 Å². The molecule has 94 valence electrons. The number of carbonyl (C=O) groups excluding carboxylic acids is 3. The summed E-state index contributed by atoms with van der Waals surface area (Å²) in [4.78, 5) is 36.5. The van der Waals surface area contributed by atoms with Crippen molar-refractivity contribution in [3.63, 3.8) is 0 Å². The predicted octanol–water partition coefficient (Wildman–Crippen LogP) is 0.440. The van der Waals surface area contributed by atoms with Crippen molar-refractivity contribution in [2.45, 2.75) is 45.1 Å². The van der Waals surface area contributed by atoms with Gasteiger partial charge in [-0.3, -0.25) is 19.7 Å². The number of hydrogen-bond donors (Lipinski definition) is 1. The maximum atomic E-state index is 12.1. The van der Waals surface area contributed by atoms with Crippen molar-refractivity contribution in [2.24, 2.45) is 5.92 Å². The summed E-state index contributed by atoms with van der Waals surface area (Å²) in [6.07, 6.45) is 3.81. The van der Waals surface area contributed by atoms with E-state index in [9.17, 15) is 14.4 Å². The van der Waals surface area contributed by atoms with Crippen LogP contribution < -0.4 is 5.32 Å². The SMILES string of the molecule is CC1(C)C(=O)NC(=O)CN1C(=O)CC1CCC1. The van der Waals surface area contributed by atoms with Gasteiger partial charge in [-0.15, -0.1) is 0 Å². The average Bonchev–Trinajstić information content (AvgIpc) is 2.17. The number of imide groups is 1. The molecule has 1 N–H and O–H groups in total. The molecule has 0 aromatic rings. The topological polar surface area (TPSA) is 66.5 Å². The Morgan fingerprint density at radius 3 is 2.59 bits per heavy atom. The minimum Gasteiger partial charge on any atom is -0.319 e. The van der Waals surface area contributed by atoms with Crippen molar-refractivity contribution in [1.82, 2.24) is 10.2 Å². The molecule has 0 bridgehead atoms. The standard InChI is InChI=1S/C12H18N2O3/c1-12(2)11(17)13-9(15)7-14(12)10(16)6-8-4-3-5-8/h8H,3-7H2,1-2H3,(H,13,15,17). The molecular formula is C12H18N2O3. The highest BCUT2D eigenvalue weighted by atomic mass is 16.2. The molecule has 0 unspecified atom stereocenters. The van der Waals surface area contributed by atoms with Gasteiger partial charge in [-0.25, -0.2) is 0 Å². The molecule has 2 fully saturated rings. The van der Waals surface area contributed by atoms with E-state index in [0.717, 1.165) is 12.8 Å². The molecule has 1 saturated carbocycles. The molecule has 1 heterocycles. The fraction of sp³-hybridized carbons (Fsp3) is 0.750. The molecule has 0 radical (unpaired) electrons. The Labute approximate surface area is 101 Å². The Kier molecular flexibility index (Phi) is 2.93. The predicted molar refractivity (Wildman–Crippen MR) is 60.9 cm³/mol. The second-order valence-corrected chi connectivity index (χ2v) is 5.42. The van der Waals surface area contributed by atoms with Crippen LogP contribution in [0.3, 0.4) is 0 Å². The molecule has 2 aliphatic rings. The summed E-state index contributed by atoms with van der Waals surface area (Å²) >= 11 is 0. The molecule has 1 aliphatic heterocycles. The van der Waals surface area contributed by atoms with Crippen LogP contribution in [0.5, 0.6) is 0 Å². The highest BCUT2D eigenvalue weighted by Gasteiger charge is 2.43. The van der Waals surface area contributed by atoms with Crippen molar-refractivity contribution in [2.75, 3.05) is 6.54 Å². The van der Waals surface area contributed by atoms with E-state index in [1.54, 1.807) is 13.8 Å². The number of hydrogen-bond acceptors (Lipinski definition) is 3. The fourth-order valence-electron chi connectivity index (χ4n) is 2.24. The molecule has 1 aliphatic carbocycles. The minimum absolute atomic E-state index is 0.00963. The lowest BCUT2D eigenvalue weighted by atomic mass is 9.82. The highest BCUT2D eigenvalue weighted by molar-refractivity contribution is 6.06. The number of nitrogens with one attached hydrogen (secondary N) is 1. The monoisotopic (exact) mass is 238 g/mol. The molecule has 0 atom stereocenters. The zero-order valence-electron chi connectivity index (χ0n) is 10.3. The number of nitrogens with zero attached hydrogens (tertiary/aromatic N) is 1. The highest BCUT2D eigenvalue weighted by Crippen LogP contribution is 2.31. The lowest BCUT2D eigenvalue weighted by molar-refractivity contribution is -0.156. The van der Waals surface area contributed by atoms with E-state index in [4.69, 9.17) is 0 Å². The van der Waals surface area contributed by atoms with E-state index >= 15 is 0 Å². The third-order valence-electron chi connectivity index (χ3n) is 3.77. The molecule has 3 amide bonds. The lowest BCUT2D eigenvalue weighted by Gasteiger charge is -2.41. The summed E-state index contributed by atoms with van der Waals surface area (Å²) in [7, 11) is 0. The minimum atomic E-state index is -0.922. The lowest BCUT2D eigenvalue weighted by Crippen LogP contribution is -2.65. The normalized spacial score (nSPS) is 24.2. The van der Waals surface area contributed by atoms with Gasteiger partial charge < -0.3 is 4.90 Å². The number of carbonyl (C=O) groups is 3. The number of rotatable bonds is 2. The summed E-state index contributed by atoms with van der Waals surface area (Å²) in [6, 6.07) is 0. The molecule has 17 heavy (non-hydrogen) atoms. The van der Waals surface area contributed by atoms with Gasteiger partial charge in [0.1, 0.15) is 12.1 Å². The zero-order valence-corrected chi connectivity index (χ0v) is 10.3. The number of piperazine rings is 1. The third-order valence-corrected chi connectivity index (χ3v) is 3.77. The fourth-order valence-corrected chi connectivity index (χ4v) is 2.24. The van der Waals surface area contributed by atoms with Crippen LogP contribution in [-0.2, 0) is 14.4 Å². The van der Waals surface area contributed by atoms with Crippen molar-refractivity contribution in [3.8, 4) is 0 Å². The molecule has 1 saturated heterocycles. The van der Waals surface area contributed by atoms with Gasteiger partial charge in [0.25, 0.3) is 5.91 Å². The Morgan fingerprint density at radius 1 is 1.41 bits per heavy atom. The van der Waals surface area contributed by atoms with Crippen molar-refractivity contribution >= 4 is 17.7 Å². The Balaban J connectivity index is 2.08. The smallest absolute Gasteiger partial charge is 0.252 e. The van der Waals surface area contributed by atoms with Crippen LogP contribution in [0.25, 0.3) is 0 Å². The van der Waals surface area contributed by atoms with Gasteiger partial charge in [0.05, 0.1) is 0 Å². The summed E-state index contributed by atoms with van der Waals surface area (Å²) in [6.45, 7) is 3.34. The van der Waals surface area contributed by atoms with Crippen molar-refractivity contribution in [3.05, 3.63) is 0 Å². The first-order valence-electron chi connectivity index (χ1n) is 6.06. The molecular weight excluding hydrogens is 220 g/mol. The average molecular weight is 238 g/mol. The molecule has 2 rings (SSSR count). The van der Waals surface area contributed by atoms with Gasteiger partial charge in [0.2, 0.25) is 11.8 Å². The van der Waals surface area contributed by atoms with Crippen LogP contribution in [0.2, 0.25) is 0 Å². The van der Waals surface area contributed by atoms with E-state index in [2.05, 4.69) is 5.32 Å². The first-order valence-corrected chi connectivity index (χ1v) is 6.06. The number of amides is 3. The maximum Gasteiger partial charge on any atom is 0.252 e. The summed E-state index contributed by atoms with van der Waals surface area (Å²) in [5.41, 5.74) is -0.922. The first kappa shape index (κ1) is 12.1. The Hall–Kier alpha value is -1.39.